The van der Waals surface area contributed by atoms with Gasteiger partial charge in [0, 0.05) is 12.1 Å². The Hall–Kier alpha value is -1.60. The summed E-state index contributed by atoms with van der Waals surface area (Å²) in [4.78, 5) is 0. The zero-order valence-electron chi connectivity index (χ0n) is 10.9. The highest BCUT2D eigenvalue weighted by Crippen LogP contribution is 2.32. The van der Waals surface area contributed by atoms with E-state index >= 15 is 0 Å². The van der Waals surface area contributed by atoms with Crippen molar-refractivity contribution in [2.45, 2.75) is 6.54 Å². The zero-order chi connectivity index (χ0) is 15.2. The van der Waals surface area contributed by atoms with Gasteiger partial charge in [-0.05, 0) is 18.2 Å². The molecule has 0 bridgehead atoms. The van der Waals surface area contributed by atoms with E-state index in [9.17, 15) is 0 Å². The van der Waals surface area contributed by atoms with Gasteiger partial charge in [-0.25, -0.2) is 0 Å². The fraction of sp³-hybridized carbons (Fsp3) is 0.133. The molecule has 0 unspecified atom stereocenters. The number of nitrogens with one attached hydrogen (secondary N) is 1. The van der Waals surface area contributed by atoms with E-state index in [1.54, 1.807) is 12.1 Å². The van der Waals surface area contributed by atoms with Crippen molar-refractivity contribution < 1.29 is 4.74 Å². The van der Waals surface area contributed by atoms with Gasteiger partial charge in [0.15, 0.2) is 6.61 Å². The van der Waals surface area contributed by atoms with E-state index in [4.69, 9.17) is 44.8 Å². The maximum Gasteiger partial charge on any atom is 0.174 e. The summed E-state index contributed by atoms with van der Waals surface area (Å²) < 4.78 is 5.37. The minimum Gasteiger partial charge on any atom is -0.478 e. The number of benzene rings is 2. The molecule has 0 heterocycles. The number of rotatable bonds is 5. The van der Waals surface area contributed by atoms with Crippen LogP contribution in [0.3, 0.4) is 0 Å². The molecule has 2 rings (SSSR count). The molecular weight excluding hydrogens is 331 g/mol. The van der Waals surface area contributed by atoms with Crippen molar-refractivity contribution in [3.8, 4) is 11.8 Å². The zero-order valence-corrected chi connectivity index (χ0v) is 13.1. The van der Waals surface area contributed by atoms with Crippen LogP contribution in [0.2, 0.25) is 15.1 Å². The van der Waals surface area contributed by atoms with Gasteiger partial charge in [0.25, 0.3) is 0 Å². The second-order valence-corrected chi connectivity index (χ2v) is 5.38. The van der Waals surface area contributed by atoms with Crippen molar-refractivity contribution in [1.82, 2.24) is 0 Å². The highest BCUT2D eigenvalue weighted by Gasteiger charge is 2.07. The van der Waals surface area contributed by atoms with Gasteiger partial charge in [-0.2, -0.15) is 5.26 Å². The number of halogens is 3. The number of anilines is 1. The molecule has 0 radical (unpaired) electrons. The minimum absolute atomic E-state index is 0.00451. The van der Waals surface area contributed by atoms with E-state index in [0.29, 0.717) is 33.0 Å². The van der Waals surface area contributed by atoms with Crippen molar-refractivity contribution in [2.75, 3.05) is 11.9 Å². The Morgan fingerprint density at radius 3 is 2.52 bits per heavy atom. The van der Waals surface area contributed by atoms with Crippen molar-refractivity contribution in [1.29, 1.82) is 5.26 Å². The lowest BCUT2D eigenvalue weighted by Gasteiger charge is -2.12. The van der Waals surface area contributed by atoms with E-state index in [2.05, 4.69) is 5.32 Å². The fourth-order valence-electron chi connectivity index (χ4n) is 1.75. The predicted octanol–water partition coefficient (Wildman–Crippen LogP) is 5.16. The van der Waals surface area contributed by atoms with E-state index in [-0.39, 0.29) is 6.61 Å². The molecule has 1 N–H and O–H groups in total. The van der Waals surface area contributed by atoms with E-state index in [1.807, 2.05) is 30.3 Å². The number of hydrogen-bond donors (Lipinski definition) is 1. The fourth-order valence-corrected chi connectivity index (χ4v) is 2.36. The maximum absolute atomic E-state index is 8.58. The molecule has 6 heteroatoms. The Bertz CT molecular complexity index is 683. The van der Waals surface area contributed by atoms with Crippen LogP contribution in [0.5, 0.6) is 5.75 Å². The summed E-state index contributed by atoms with van der Waals surface area (Å²) in [5.74, 6) is 0.655. The molecule has 0 saturated heterocycles. The van der Waals surface area contributed by atoms with Crippen LogP contribution in [0.4, 0.5) is 5.69 Å². The number of hydrogen-bond acceptors (Lipinski definition) is 3. The monoisotopic (exact) mass is 340 g/mol. The third kappa shape index (κ3) is 4.18. The summed E-state index contributed by atoms with van der Waals surface area (Å²) in [6, 6.07) is 12.7. The summed E-state index contributed by atoms with van der Waals surface area (Å²) in [6.45, 7) is 0.490. The van der Waals surface area contributed by atoms with Crippen LogP contribution < -0.4 is 10.1 Å². The average Bonchev–Trinajstić information content (AvgIpc) is 2.48. The largest absolute Gasteiger partial charge is 0.478 e. The molecule has 0 fully saturated rings. The number of para-hydroxylation sites is 1. The van der Waals surface area contributed by atoms with Gasteiger partial charge in [0.05, 0.1) is 20.8 Å². The molecule has 2 aromatic rings. The lowest BCUT2D eigenvalue weighted by Crippen LogP contribution is -2.04. The van der Waals surface area contributed by atoms with Gasteiger partial charge in [-0.3, -0.25) is 0 Å². The molecule has 0 saturated carbocycles. The predicted molar refractivity (Wildman–Crippen MR) is 86.3 cm³/mol. The van der Waals surface area contributed by atoms with Crippen LogP contribution in [0.25, 0.3) is 0 Å². The normalized spacial score (nSPS) is 10.0. The molecule has 0 amide bonds. The quantitative estimate of drug-likeness (QED) is 0.764. The second-order valence-electron chi connectivity index (χ2n) is 4.15. The first-order chi connectivity index (χ1) is 10.1. The first kappa shape index (κ1) is 15.8. The van der Waals surface area contributed by atoms with Gasteiger partial charge in [0.1, 0.15) is 11.8 Å². The van der Waals surface area contributed by atoms with Gasteiger partial charge >= 0.3 is 0 Å². The summed E-state index contributed by atoms with van der Waals surface area (Å²) in [5.41, 5.74) is 1.59. The smallest absolute Gasteiger partial charge is 0.174 e. The summed E-state index contributed by atoms with van der Waals surface area (Å²) in [7, 11) is 0. The Kier molecular flexibility index (Phi) is 5.58. The third-order valence-corrected chi connectivity index (χ3v) is 3.78. The van der Waals surface area contributed by atoms with Gasteiger partial charge in [-0.1, -0.05) is 53.0 Å². The number of nitrogens with zero attached hydrogens (tertiary/aromatic N) is 1. The lowest BCUT2D eigenvalue weighted by atomic mass is 10.2. The van der Waals surface area contributed by atoms with Crippen LogP contribution in [-0.4, -0.2) is 6.61 Å². The second kappa shape index (κ2) is 7.42. The average molecular weight is 342 g/mol. The van der Waals surface area contributed by atoms with Gasteiger partial charge < -0.3 is 10.1 Å². The summed E-state index contributed by atoms with van der Waals surface area (Å²) in [5, 5.41) is 13.1. The van der Waals surface area contributed by atoms with Gasteiger partial charge in [0.2, 0.25) is 0 Å². The van der Waals surface area contributed by atoms with Crippen LogP contribution >= 0.6 is 34.8 Å². The van der Waals surface area contributed by atoms with Gasteiger partial charge in [-0.15, -0.1) is 0 Å². The minimum atomic E-state index is 0.00451. The number of ether oxygens (including phenoxy) is 1. The molecule has 0 aliphatic carbocycles. The van der Waals surface area contributed by atoms with Crippen LogP contribution in [0.15, 0.2) is 36.4 Å². The van der Waals surface area contributed by atoms with E-state index in [1.165, 1.54) is 0 Å². The first-order valence-electron chi connectivity index (χ1n) is 6.08. The third-order valence-electron chi connectivity index (χ3n) is 2.74. The summed E-state index contributed by atoms with van der Waals surface area (Å²) in [6.07, 6.45) is 0. The summed E-state index contributed by atoms with van der Waals surface area (Å²) >= 11 is 18.0. The molecule has 0 atom stereocenters. The highest BCUT2D eigenvalue weighted by molar-refractivity contribution is 6.44. The topological polar surface area (TPSA) is 45.0 Å². The molecule has 0 aromatic heterocycles. The Morgan fingerprint density at radius 1 is 1.05 bits per heavy atom. The van der Waals surface area contributed by atoms with Crippen LogP contribution in [0, 0.1) is 11.3 Å². The molecule has 0 spiro atoms. The molecule has 108 valence electrons. The molecular formula is C15H11Cl3N2O. The Balaban J connectivity index is 2.13. The highest BCUT2D eigenvalue weighted by atomic mass is 35.5. The molecule has 0 aliphatic heterocycles. The van der Waals surface area contributed by atoms with Crippen LogP contribution in [0.1, 0.15) is 5.56 Å². The number of nitriles is 1. The van der Waals surface area contributed by atoms with Crippen molar-refractivity contribution in [3.63, 3.8) is 0 Å². The Morgan fingerprint density at radius 2 is 1.76 bits per heavy atom. The maximum atomic E-state index is 8.58. The van der Waals surface area contributed by atoms with E-state index in [0.717, 1.165) is 5.56 Å². The lowest BCUT2D eigenvalue weighted by molar-refractivity contribution is 0.364. The Labute approximate surface area is 138 Å². The van der Waals surface area contributed by atoms with E-state index < -0.39 is 0 Å². The molecule has 3 nitrogen and oxygen atoms in total. The SMILES string of the molecule is N#CCOc1ccccc1CNc1cc(Cl)c(Cl)cc1Cl. The van der Waals surface area contributed by atoms with Crippen LogP contribution in [-0.2, 0) is 6.54 Å². The molecule has 2 aromatic carbocycles. The van der Waals surface area contributed by atoms with Crippen molar-refractivity contribution in [2.24, 2.45) is 0 Å². The van der Waals surface area contributed by atoms with Crippen molar-refractivity contribution in [3.05, 3.63) is 57.0 Å². The standard InChI is InChI=1S/C15H11Cl3N2O/c16-11-7-13(18)14(8-12(11)17)20-9-10-3-1-2-4-15(10)21-6-5-19/h1-4,7-8,20H,6,9H2. The first-order valence-corrected chi connectivity index (χ1v) is 7.21. The molecule has 21 heavy (non-hydrogen) atoms. The van der Waals surface area contributed by atoms with Crippen molar-refractivity contribution >= 4 is 40.5 Å². The molecule has 0 aliphatic rings.